The van der Waals surface area contributed by atoms with Crippen LogP contribution in [0.4, 0.5) is 0 Å². The molecule has 1 aliphatic heterocycles. The van der Waals surface area contributed by atoms with Crippen molar-refractivity contribution >= 4 is 11.8 Å². The number of aromatic nitrogens is 1. The SMILES string of the molecule is CN(C)C(=O)[C@H]1CCCN1CCCNC(=O)c1ccccn1. The van der Waals surface area contributed by atoms with Gasteiger partial charge in [-0.25, -0.2) is 0 Å². The highest BCUT2D eigenvalue weighted by Crippen LogP contribution is 2.18. The lowest BCUT2D eigenvalue weighted by molar-refractivity contribution is -0.133. The van der Waals surface area contributed by atoms with Gasteiger partial charge in [-0.3, -0.25) is 19.5 Å². The topological polar surface area (TPSA) is 65.5 Å². The molecule has 2 heterocycles. The molecule has 1 atom stereocenters. The third-order valence-corrected chi connectivity index (χ3v) is 3.89. The number of nitrogens with one attached hydrogen (secondary N) is 1. The van der Waals surface area contributed by atoms with Crippen molar-refractivity contribution in [3.63, 3.8) is 0 Å². The molecule has 0 aliphatic carbocycles. The molecule has 1 fully saturated rings. The summed E-state index contributed by atoms with van der Waals surface area (Å²) in [7, 11) is 3.60. The summed E-state index contributed by atoms with van der Waals surface area (Å²) in [6.07, 6.45) is 4.42. The number of amides is 2. The van der Waals surface area contributed by atoms with Gasteiger partial charge in [0.2, 0.25) is 5.91 Å². The molecule has 1 saturated heterocycles. The van der Waals surface area contributed by atoms with E-state index in [9.17, 15) is 9.59 Å². The number of carbonyl (C=O) groups is 2. The molecule has 1 aliphatic rings. The Morgan fingerprint density at radius 3 is 2.91 bits per heavy atom. The average molecular weight is 304 g/mol. The maximum atomic E-state index is 12.1. The van der Waals surface area contributed by atoms with E-state index in [4.69, 9.17) is 0 Å². The van der Waals surface area contributed by atoms with Crippen LogP contribution in [0.15, 0.2) is 24.4 Å². The molecule has 0 aromatic carbocycles. The molecule has 1 aromatic heterocycles. The predicted octanol–water partition coefficient (Wildman–Crippen LogP) is 0.754. The molecule has 6 nitrogen and oxygen atoms in total. The van der Waals surface area contributed by atoms with Gasteiger partial charge in [-0.05, 0) is 37.9 Å². The number of rotatable bonds is 6. The molecule has 0 unspecified atom stereocenters. The third-order valence-electron chi connectivity index (χ3n) is 3.89. The fourth-order valence-electron chi connectivity index (χ4n) is 2.74. The van der Waals surface area contributed by atoms with Crippen LogP contribution in [-0.2, 0) is 4.79 Å². The van der Waals surface area contributed by atoms with Gasteiger partial charge in [-0.15, -0.1) is 0 Å². The highest BCUT2D eigenvalue weighted by molar-refractivity contribution is 5.92. The van der Waals surface area contributed by atoms with Crippen LogP contribution < -0.4 is 5.32 Å². The normalized spacial score (nSPS) is 18.2. The Kier molecular flexibility index (Phi) is 5.89. The second kappa shape index (κ2) is 7.89. The van der Waals surface area contributed by atoms with E-state index in [1.165, 1.54) is 0 Å². The summed E-state index contributed by atoms with van der Waals surface area (Å²) in [5.41, 5.74) is 0.435. The Balaban J connectivity index is 1.72. The number of pyridine rings is 1. The largest absolute Gasteiger partial charge is 0.351 e. The molecule has 1 N–H and O–H groups in total. The molecule has 6 heteroatoms. The van der Waals surface area contributed by atoms with Crippen LogP contribution in [0.25, 0.3) is 0 Å². The van der Waals surface area contributed by atoms with E-state index < -0.39 is 0 Å². The Labute approximate surface area is 131 Å². The van der Waals surface area contributed by atoms with Gasteiger partial charge >= 0.3 is 0 Å². The number of likely N-dealkylation sites (N-methyl/N-ethyl adjacent to an activating group) is 1. The first-order valence-corrected chi connectivity index (χ1v) is 7.74. The van der Waals surface area contributed by atoms with Crippen LogP contribution in [0.1, 0.15) is 29.8 Å². The number of hydrogen-bond donors (Lipinski definition) is 1. The molecule has 120 valence electrons. The van der Waals surface area contributed by atoms with Gasteiger partial charge < -0.3 is 10.2 Å². The maximum absolute atomic E-state index is 12.1. The Morgan fingerprint density at radius 2 is 2.23 bits per heavy atom. The standard InChI is InChI=1S/C16H24N4O2/c1-19(2)16(22)14-8-5-11-20(14)12-6-10-18-15(21)13-7-3-4-9-17-13/h3-4,7,9,14H,5-6,8,10-12H2,1-2H3,(H,18,21)/t14-/m1/s1. The van der Waals surface area contributed by atoms with E-state index in [1.54, 1.807) is 43.4 Å². The van der Waals surface area contributed by atoms with Gasteiger partial charge in [0.15, 0.2) is 0 Å². The van der Waals surface area contributed by atoms with Gasteiger partial charge in [0.25, 0.3) is 5.91 Å². The molecule has 22 heavy (non-hydrogen) atoms. The van der Waals surface area contributed by atoms with Crippen LogP contribution in [0.2, 0.25) is 0 Å². The molecule has 0 saturated carbocycles. The van der Waals surface area contributed by atoms with E-state index in [0.717, 1.165) is 32.4 Å². The number of hydrogen-bond acceptors (Lipinski definition) is 4. The summed E-state index contributed by atoms with van der Waals surface area (Å²) >= 11 is 0. The van der Waals surface area contributed by atoms with Crippen molar-refractivity contribution in [3.05, 3.63) is 30.1 Å². The van der Waals surface area contributed by atoms with E-state index in [1.807, 2.05) is 0 Å². The van der Waals surface area contributed by atoms with E-state index >= 15 is 0 Å². The zero-order valence-electron chi connectivity index (χ0n) is 13.3. The Bertz CT molecular complexity index is 504. The Hall–Kier alpha value is -1.95. The van der Waals surface area contributed by atoms with Crippen LogP contribution in [-0.4, -0.2) is 66.4 Å². The number of nitrogens with zero attached hydrogens (tertiary/aromatic N) is 3. The summed E-state index contributed by atoms with van der Waals surface area (Å²) in [6, 6.07) is 5.28. The minimum absolute atomic E-state index is 0.00138. The molecule has 0 radical (unpaired) electrons. The van der Waals surface area contributed by atoms with Crippen molar-refractivity contribution in [2.45, 2.75) is 25.3 Å². The van der Waals surface area contributed by atoms with Crippen molar-refractivity contribution in [2.75, 3.05) is 33.7 Å². The highest BCUT2D eigenvalue weighted by Gasteiger charge is 2.30. The first kappa shape index (κ1) is 16.4. The lowest BCUT2D eigenvalue weighted by atomic mass is 10.2. The fraction of sp³-hybridized carbons (Fsp3) is 0.562. The summed E-state index contributed by atoms with van der Waals surface area (Å²) < 4.78 is 0. The third kappa shape index (κ3) is 4.27. The molecular formula is C16H24N4O2. The van der Waals surface area contributed by atoms with Crippen LogP contribution >= 0.6 is 0 Å². The van der Waals surface area contributed by atoms with Crippen LogP contribution in [0.3, 0.4) is 0 Å². The summed E-state index contributed by atoms with van der Waals surface area (Å²) in [5.74, 6) is 0.0259. The van der Waals surface area contributed by atoms with E-state index in [0.29, 0.717) is 12.2 Å². The molecule has 1 aromatic rings. The number of likely N-dealkylation sites (tertiary alicyclic amines) is 1. The van der Waals surface area contributed by atoms with Crippen molar-refractivity contribution in [1.29, 1.82) is 0 Å². The van der Waals surface area contributed by atoms with Gasteiger partial charge in [-0.2, -0.15) is 0 Å². The molecular weight excluding hydrogens is 280 g/mol. The zero-order valence-corrected chi connectivity index (χ0v) is 13.3. The van der Waals surface area contributed by atoms with Gasteiger partial charge in [-0.1, -0.05) is 6.07 Å². The monoisotopic (exact) mass is 304 g/mol. The smallest absolute Gasteiger partial charge is 0.269 e. The average Bonchev–Trinajstić information content (AvgIpc) is 2.99. The van der Waals surface area contributed by atoms with Crippen molar-refractivity contribution in [2.24, 2.45) is 0 Å². The van der Waals surface area contributed by atoms with Gasteiger partial charge in [0, 0.05) is 33.4 Å². The van der Waals surface area contributed by atoms with Crippen molar-refractivity contribution in [1.82, 2.24) is 20.1 Å². The Morgan fingerprint density at radius 1 is 1.41 bits per heavy atom. The van der Waals surface area contributed by atoms with Crippen LogP contribution in [0, 0.1) is 0 Å². The molecule has 0 spiro atoms. The number of carbonyl (C=O) groups excluding carboxylic acids is 2. The second-order valence-corrected chi connectivity index (χ2v) is 5.75. The molecule has 2 amide bonds. The predicted molar refractivity (Wildman–Crippen MR) is 84.5 cm³/mol. The first-order valence-electron chi connectivity index (χ1n) is 7.74. The highest BCUT2D eigenvalue weighted by atomic mass is 16.2. The summed E-state index contributed by atoms with van der Waals surface area (Å²) in [6.45, 7) is 2.37. The summed E-state index contributed by atoms with van der Waals surface area (Å²) in [5, 5.41) is 2.87. The second-order valence-electron chi connectivity index (χ2n) is 5.75. The summed E-state index contributed by atoms with van der Waals surface area (Å²) in [4.78, 5) is 31.8. The lowest BCUT2D eigenvalue weighted by Gasteiger charge is -2.26. The maximum Gasteiger partial charge on any atom is 0.269 e. The van der Waals surface area contributed by atoms with Gasteiger partial charge in [0.1, 0.15) is 5.69 Å². The van der Waals surface area contributed by atoms with E-state index in [-0.39, 0.29) is 17.9 Å². The minimum Gasteiger partial charge on any atom is -0.351 e. The first-order chi connectivity index (χ1) is 10.6. The molecule has 2 rings (SSSR count). The van der Waals surface area contributed by atoms with Gasteiger partial charge in [0.05, 0.1) is 6.04 Å². The van der Waals surface area contributed by atoms with Crippen molar-refractivity contribution < 1.29 is 9.59 Å². The van der Waals surface area contributed by atoms with Crippen LogP contribution in [0.5, 0.6) is 0 Å². The van der Waals surface area contributed by atoms with E-state index in [2.05, 4.69) is 15.2 Å². The molecule has 0 bridgehead atoms. The fourth-order valence-corrected chi connectivity index (χ4v) is 2.74. The zero-order chi connectivity index (χ0) is 15.9. The quantitative estimate of drug-likeness (QED) is 0.788. The lowest BCUT2D eigenvalue weighted by Crippen LogP contribution is -2.43. The van der Waals surface area contributed by atoms with Crippen molar-refractivity contribution in [3.8, 4) is 0 Å². The minimum atomic E-state index is -0.150.